The molecule has 0 radical (unpaired) electrons. The molecule has 11 heteroatoms. The second-order valence-corrected chi connectivity index (χ2v) is 13.1. The molecule has 1 N–H and O–H groups in total. The number of halogens is 1. The van der Waals surface area contributed by atoms with E-state index in [1.54, 1.807) is 24.3 Å². The quantitative estimate of drug-likeness (QED) is 0.113. The van der Waals surface area contributed by atoms with Crippen LogP contribution in [-0.2, 0) is 11.3 Å². The maximum Gasteiger partial charge on any atom is 0.234 e. The van der Waals surface area contributed by atoms with Crippen LogP contribution in [0.25, 0.3) is 21.6 Å². The highest BCUT2D eigenvalue weighted by atomic mass is 35.5. The molecular weight excluding hydrogens is 618 g/mol. The molecule has 0 fully saturated rings. The van der Waals surface area contributed by atoms with Gasteiger partial charge in [-0.15, -0.1) is 21.5 Å². The largest absolute Gasteiger partial charge is 0.325 e. The summed E-state index contributed by atoms with van der Waals surface area (Å²) in [5.41, 5.74) is 4.21. The van der Waals surface area contributed by atoms with E-state index in [9.17, 15) is 9.59 Å². The molecule has 43 heavy (non-hydrogen) atoms. The zero-order valence-electron chi connectivity index (χ0n) is 22.6. The minimum atomic E-state index is -0.146. The fourth-order valence-electron chi connectivity index (χ4n) is 4.32. The third-order valence-corrected chi connectivity index (χ3v) is 9.79. The number of thiazole rings is 1. The number of nitrogens with one attached hydrogen (secondary N) is 1. The van der Waals surface area contributed by atoms with Gasteiger partial charge in [0, 0.05) is 21.8 Å². The first-order valence-electron chi connectivity index (χ1n) is 13.3. The SMILES string of the molecule is O=C(CSc1nnc(-c2ccccc2)n1Cc1ccccc1)Nc1ccc2nc(SCC(=O)c3ccc(Cl)cc3)sc2c1. The van der Waals surface area contributed by atoms with Crippen molar-refractivity contribution < 1.29 is 9.59 Å². The molecule has 0 saturated carbocycles. The van der Waals surface area contributed by atoms with E-state index in [1.165, 1.54) is 34.9 Å². The van der Waals surface area contributed by atoms with E-state index in [4.69, 9.17) is 11.6 Å². The van der Waals surface area contributed by atoms with Crippen LogP contribution >= 0.6 is 46.5 Å². The van der Waals surface area contributed by atoms with Gasteiger partial charge in [0.2, 0.25) is 5.91 Å². The summed E-state index contributed by atoms with van der Waals surface area (Å²) < 4.78 is 3.77. The predicted molar refractivity (Wildman–Crippen MR) is 176 cm³/mol. The summed E-state index contributed by atoms with van der Waals surface area (Å²) in [7, 11) is 0. The Hall–Kier alpha value is -3.96. The number of hydrogen-bond donors (Lipinski definition) is 1. The van der Waals surface area contributed by atoms with E-state index in [0.717, 1.165) is 31.5 Å². The number of rotatable bonds is 11. The number of carbonyl (C=O) groups excluding carboxylic acids is 2. The highest BCUT2D eigenvalue weighted by Gasteiger charge is 2.17. The predicted octanol–water partition coefficient (Wildman–Crippen LogP) is 7.96. The first kappa shape index (κ1) is 29.1. The summed E-state index contributed by atoms with van der Waals surface area (Å²) in [5.74, 6) is 1.08. The number of Topliss-reactive ketones (excluding diaryl/α,β-unsaturated/α-hetero) is 1. The standard InChI is InChI=1S/C32H24ClN5O2S3/c33-24-13-11-22(12-14-24)27(39)19-42-32-35-26-16-15-25(17-28(26)43-32)34-29(40)20-41-31-37-36-30(23-9-5-2-6-10-23)38(31)18-21-7-3-1-4-8-21/h1-17H,18-20H2,(H,34,40). The van der Waals surface area contributed by atoms with Crippen molar-refractivity contribution in [3.05, 3.63) is 119 Å². The maximum absolute atomic E-state index is 13.0. The van der Waals surface area contributed by atoms with Gasteiger partial charge in [0.05, 0.1) is 28.3 Å². The Balaban J connectivity index is 1.10. The van der Waals surface area contributed by atoms with Crippen LogP contribution in [0.2, 0.25) is 5.02 Å². The van der Waals surface area contributed by atoms with E-state index in [2.05, 4.69) is 32.6 Å². The molecule has 0 atom stereocenters. The topological polar surface area (TPSA) is 89.8 Å². The lowest BCUT2D eigenvalue weighted by Gasteiger charge is -2.11. The first-order valence-corrected chi connectivity index (χ1v) is 16.5. The Kier molecular flexibility index (Phi) is 9.18. The van der Waals surface area contributed by atoms with E-state index in [-0.39, 0.29) is 23.2 Å². The number of benzene rings is 4. The fraction of sp³-hybridized carbons (Fsp3) is 0.0938. The Bertz CT molecular complexity index is 1880. The molecule has 0 unspecified atom stereocenters. The highest BCUT2D eigenvalue weighted by molar-refractivity contribution is 8.01. The van der Waals surface area contributed by atoms with Gasteiger partial charge < -0.3 is 5.32 Å². The van der Waals surface area contributed by atoms with Crippen LogP contribution in [0.15, 0.2) is 113 Å². The number of thioether (sulfide) groups is 2. The fourth-order valence-corrected chi connectivity index (χ4v) is 7.19. The van der Waals surface area contributed by atoms with Crippen molar-refractivity contribution in [1.82, 2.24) is 19.7 Å². The number of fused-ring (bicyclic) bond motifs is 1. The average Bonchev–Trinajstić information content (AvgIpc) is 3.63. The van der Waals surface area contributed by atoms with Gasteiger partial charge in [-0.3, -0.25) is 14.2 Å². The molecule has 0 aliphatic heterocycles. The number of carbonyl (C=O) groups is 2. The molecule has 214 valence electrons. The van der Waals surface area contributed by atoms with Gasteiger partial charge in [-0.25, -0.2) is 4.98 Å². The smallest absolute Gasteiger partial charge is 0.234 e. The Labute approximate surface area is 265 Å². The lowest BCUT2D eigenvalue weighted by atomic mass is 10.1. The van der Waals surface area contributed by atoms with E-state index < -0.39 is 0 Å². The molecule has 4 aromatic carbocycles. The molecular formula is C32H24ClN5O2S3. The molecule has 0 aliphatic rings. The molecule has 6 rings (SSSR count). The number of amides is 1. The highest BCUT2D eigenvalue weighted by Crippen LogP contribution is 2.32. The molecule has 7 nitrogen and oxygen atoms in total. The van der Waals surface area contributed by atoms with Crippen LogP contribution in [0.4, 0.5) is 5.69 Å². The number of nitrogens with zero attached hydrogens (tertiary/aromatic N) is 4. The maximum atomic E-state index is 13.0. The van der Waals surface area contributed by atoms with Gasteiger partial charge in [-0.05, 0) is 48.0 Å². The van der Waals surface area contributed by atoms with Crippen molar-refractivity contribution in [2.24, 2.45) is 0 Å². The van der Waals surface area contributed by atoms with Crippen molar-refractivity contribution in [3.8, 4) is 11.4 Å². The molecule has 0 saturated heterocycles. The molecule has 6 aromatic rings. The lowest BCUT2D eigenvalue weighted by Crippen LogP contribution is -2.14. The van der Waals surface area contributed by atoms with Crippen LogP contribution < -0.4 is 5.32 Å². The van der Waals surface area contributed by atoms with Gasteiger partial charge in [-0.1, -0.05) is 95.8 Å². The Morgan fingerprint density at radius 2 is 1.58 bits per heavy atom. The summed E-state index contributed by atoms with van der Waals surface area (Å²) in [6, 6.07) is 32.5. The zero-order chi connectivity index (χ0) is 29.6. The second-order valence-electron chi connectivity index (χ2n) is 9.46. The Morgan fingerprint density at radius 3 is 2.35 bits per heavy atom. The summed E-state index contributed by atoms with van der Waals surface area (Å²) in [6.07, 6.45) is 0. The summed E-state index contributed by atoms with van der Waals surface area (Å²) in [5, 5.41) is 13.1. The van der Waals surface area contributed by atoms with Crippen LogP contribution in [0, 0.1) is 0 Å². The van der Waals surface area contributed by atoms with Crippen LogP contribution in [0.5, 0.6) is 0 Å². The number of hydrogen-bond acceptors (Lipinski definition) is 8. The molecule has 2 aromatic heterocycles. The number of ketones is 1. The number of anilines is 1. The minimum Gasteiger partial charge on any atom is -0.325 e. The van der Waals surface area contributed by atoms with E-state index in [0.29, 0.717) is 28.0 Å². The molecule has 0 spiro atoms. The van der Waals surface area contributed by atoms with E-state index >= 15 is 0 Å². The van der Waals surface area contributed by atoms with E-state index in [1.807, 2.05) is 71.3 Å². The second kappa shape index (κ2) is 13.6. The first-order chi connectivity index (χ1) is 21.0. The van der Waals surface area contributed by atoms with Crippen LogP contribution in [0.1, 0.15) is 15.9 Å². The summed E-state index contributed by atoms with van der Waals surface area (Å²) >= 11 is 10.2. The molecule has 1 amide bonds. The summed E-state index contributed by atoms with van der Waals surface area (Å²) in [6.45, 7) is 0.593. The number of aromatic nitrogens is 4. The summed E-state index contributed by atoms with van der Waals surface area (Å²) in [4.78, 5) is 30.1. The van der Waals surface area contributed by atoms with Gasteiger partial charge in [0.1, 0.15) is 0 Å². The van der Waals surface area contributed by atoms with Gasteiger partial charge in [-0.2, -0.15) is 0 Å². The third-order valence-electron chi connectivity index (χ3n) is 6.41. The molecule has 0 aliphatic carbocycles. The average molecular weight is 642 g/mol. The zero-order valence-corrected chi connectivity index (χ0v) is 25.8. The van der Waals surface area contributed by atoms with Crippen molar-refractivity contribution in [3.63, 3.8) is 0 Å². The van der Waals surface area contributed by atoms with Crippen molar-refractivity contribution >= 4 is 74.1 Å². The lowest BCUT2D eigenvalue weighted by molar-refractivity contribution is -0.113. The van der Waals surface area contributed by atoms with Crippen LogP contribution in [0.3, 0.4) is 0 Å². The van der Waals surface area contributed by atoms with Crippen molar-refractivity contribution in [2.45, 2.75) is 16.0 Å². The normalized spacial score (nSPS) is 11.1. The van der Waals surface area contributed by atoms with Crippen molar-refractivity contribution in [2.75, 3.05) is 16.8 Å². The Morgan fingerprint density at radius 1 is 0.837 bits per heavy atom. The van der Waals surface area contributed by atoms with Gasteiger partial charge in [0.25, 0.3) is 0 Å². The monoisotopic (exact) mass is 641 g/mol. The van der Waals surface area contributed by atoms with Gasteiger partial charge in [0.15, 0.2) is 21.1 Å². The minimum absolute atomic E-state index is 0.0156. The molecule has 2 heterocycles. The van der Waals surface area contributed by atoms with Crippen LogP contribution in [-0.4, -0.2) is 42.9 Å². The third kappa shape index (κ3) is 7.34. The van der Waals surface area contributed by atoms with Gasteiger partial charge >= 0.3 is 0 Å². The molecule has 0 bridgehead atoms. The van der Waals surface area contributed by atoms with Crippen molar-refractivity contribution in [1.29, 1.82) is 0 Å².